The lowest BCUT2D eigenvalue weighted by molar-refractivity contribution is 0.0853. The Kier molecular flexibility index (Phi) is 6.52. The summed E-state index contributed by atoms with van der Waals surface area (Å²) in [6.45, 7) is 9.67. The van der Waals surface area contributed by atoms with Crippen molar-refractivity contribution in [2.24, 2.45) is 12.8 Å². The fraction of sp³-hybridized carbons (Fsp3) is 0.800. The van der Waals surface area contributed by atoms with Gasteiger partial charge in [0, 0.05) is 44.0 Å². The number of hydrogen-bond acceptors (Lipinski definition) is 3. The van der Waals surface area contributed by atoms with Gasteiger partial charge in [0.05, 0.1) is 0 Å². The molecule has 4 nitrogen and oxygen atoms in total. The van der Waals surface area contributed by atoms with Crippen LogP contribution in [0.5, 0.6) is 0 Å². The zero-order valence-corrected chi connectivity index (χ0v) is 13.0. The van der Waals surface area contributed by atoms with E-state index in [1.54, 1.807) is 0 Å². The first-order valence-corrected chi connectivity index (χ1v) is 7.55. The number of rotatable bonds is 9. The molecule has 110 valence electrons. The molecular formula is C15H30N4. The van der Waals surface area contributed by atoms with Gasteiger partial charge < -0.3 is 5.73 Å². The monoisotopic (exact) mass is 266 g/mol. The smallest absolute Gasteiger partial charge is 0.0492 e. The van der Waals surface area contributed by atoms with Crippen molar-refractivity contribution >= 4 is 0 Å². The van der Waals surface area contributed by atoms with Crippen LogP contribution in [0.2, 0.25) is 0 Å². The van der Waals surface area contributed by atoms with Gasteiger partial charge in [-0.25, -0.2) is 0 Å². The van der Waals surface area contributed by atoms with Gasteiger partial charge in [0.15, 0.2) is 0 Å². The van der Waals surface area contributed by atoms with Crippen LogP contribution < -0.4 is 5.73 Å². The maximum absolute atomic E-state index is 6.08. The van der Waals surface area contributed by atoms with E-state index in [1.807, 2.05) is 17.9 Å². The van der Waals surface area contributed by atoms with Crippen LogP contribution in [0.25, 0.3) is 0 Å². The summed E-state index contributed by atoms with van der Waals surface area (Å²) < 4.78 is 1.96. The van der Waals surface area contributed by atoms with E-state index in [4.69, 9.17) is 5.73 Å². The van der Waals surface area contributed by atoms with Gasteiger partial charge in [-0.3, -0.25) is 9.58 Å². The summed E-state index contributed by atoms with van der Waals surface area (Å²) in [5.74, 6) is 0. The topological polar surface area (TPSA) is 47.1 Å². The molecule has 1 aromatic rings. The first-order valence-electron chi connectivity index (χ1n) is 7.55. The Morgan fingerprint density at radius 2 is 1.95 bits per heavy atom. The minimum Gasteiger partial charge on any atom is -0.329 e. The maximum atomic E-state index is 6.08. The molecule has 0 fully saturated rings. The largest absolute Gasteiger partial charge is 0.329 e. The fourth-order valence-electron chi connectivity index (χ4n) is 2.87. The lowest BCUT2D eigenvalue weighted by atomic mass is 9.90. The maximum Gasteiger partial charge on any atom is 0.0492 e. The average Bonchev–Trinajstić information content (AvgIpc) is 2.84. The third kappa shape index (κ3) is 3.80. The molecule has 1 rings (SSSR count). The van der Waals surface area contributed by atoms with E-state index >= 15 is 0 Å². The minimum atomic E-state index is 0.161. The van der Waals surface area contributed by atoms with Gasteiger partial charge in [0.25, 0.3) is 0 Å². The Hall–Kier alpha value is -0.870. The highest BCUT2D eigenvalue weighted by Crippen LogP contribution is 2.23. The van der Waals surface area contributed by atoms with Crippen LogP contribution in [0.3, 0.4) is 0 Å². The average molecular weight is 266 g/mol. The van der Waals surface area contributed by atoms with Gasteiger partial charge in [-0.1, -0.05) is 20.8 Å². The molecule has 2 N–H and O–H groups in total. The van der Waals surface area contributed by atoms with Crippen molar-refractivity contribution in [2.75, 3.05) is 19.6 Å². The predicted octanol–water partition coefficient (Wildman–Crippen LogP) is 2.19. The quantitative estimate of drug-likeness (QED) is 0.745. The fourth-order valence-corrected chi connectivity index (χ4v) is 2.87. The standard InChI is InChI=1S/C15H30N4/c1-5-11-19(15(6-2,7-3)13-16)12-9-14-8-10-17-18(14)4/h8,10H,5-7,9,11-13,16H2,1-4H3. The molecule has 0 saturated carbocycles. The molecule has 0 saturated heterocycles. The van der Waals surface area contributed by atoms with Crippen molar-refractivity contribution in [3.8, 4) is 0 Å². The highest BCUT2D eigenvalue weighted by molar-refractivity contribution is 5.01. The molecule has 1 aromatic heterocycles. The lowest BCUT2D eigenvalue weighted by Crippen LogP contribution is -2.54. The van der Waals surface area contributed by atoms with Crippen LogP contribution in [0.1, 0.15) is 45.7 Å². The van der Waals surface area contributed by atoms with Crippen molar-refractivity contribution in [3.05, 3.63) is 18.0 Å². The van der Waals surface area contributed by atoms with Gasteiger partial charge in [0.1, 0.15) is 0 Å². The number of aromatic nitrogens is 2. The number of aryl methyl sites for hydroxylation is 1. The molecule has 19 heavy (non-hydrogen) atoms. The summed E-state index contributed by atoms with van der Waals surface area (Å²) in [5, 5.41) is 4.24. The molecule has 0 bridgehead atoms. The summed E-state index contributed by atoms with van der Waals surface area (Å²) in [7, 11) is 2.01. The molecule has 1 heterocycles. The zero-order chi connectivity index (χ0) is 14.3. The van der Waals surface area contributed by atoms with Crippen LogP contribution in [-0.4, -0.2) is 39.9 Å². The van der Waals surface area contributed by atoms with E-state index in [-0.39, 0.29) is 5.54 Å². The lowest BCUT2D eigenvalue weighted by Gasteiger charge is -2.42. The van der Waals surface area contributed by atoms with E-state index < -0.39 is 0 Å². The Balaban J connectivity index is 2.74. The summed E-state index contributed by atoms with van der Waals surface area (Å²) in [5.41, 5.74) is 7.53. The first kappa shape index (κ1) is 16.2. The number of nitrogens with two attached hydrogens (primary N) is 1. The van der Waals surface area contributed by atoms with Crippen LogP contribution >= 0.6 is 0 Å². The van der Waals surface area contributed by atoms with E-state index in [0.29, 0.717) is 0 Å². The highest BCUT2D eigenvalue weighted by atomic mass is 15.3. The molecule has 0 aliphatic carbocycles. The molecule has 0 radical (unpaired) electrons. The van der Waals surface area contributed by atoms with Crippen LogP contribution in [0, 0.1) is 0 Å². The van der Waals surface area contributed by atoms with Gasteiger partial charge >= 0.3 is 0 Å². The Morgan fingerprint density at radius 3 is 2.37 bits per heavy atom. The molecule has 0 aliphatic rings. The Labute approximate surface area is 118 Å². The normalized spacial score (nSPS) is 12.3. The third-order valence-electron chi connectivity index (χ3n) is 4.42. The predicted molar refractivity (Wildman–Crippen MR) is 81.1 cm³/mol. The second kappa shape index (κ2) is 7.65. The minimum absolute atomic E-state index is 0.161. The molecule has 0 atom stereocenters. The van der Waals surface area contributed by atoms with Crippen LogP contribution in [-0.2, 0) is 13.5 Å². The molecule has 4 heteroatoms. The molecule has 0 unspecified atom stereocenters. The Morgan fingerprint density at radius 1 is 1.26 bits per heavy atom. The van der Waals surface area contributed by atoms with Crippen molar-refractivity contribution < 1.29 is 0 Å². The summed E-state index contributed by atoms with van der Waals surface area (Å²) in [4.78, 5) is 2.58. The number of nitrogens with zero attached hydrogens (tertiary/aromatic N) is 3. The van der Waals surface area contributed by atoms with Crippen molar-refractivity contribution in [3.63, 3.8) is 0 Å². The molecule has 0 aliphatic heterocycles. The molecule has 0 aromatic carbocycles. The molecule has 0 amide bonds. The second-order valence-electron chi connectivity index (χ2n) is 5.32. The van der Waals surface area contributed by atoms with Crippen molar-refractivity contribution in [2.45, 2.75) is 52.0 Å². The van der Waals surface area contributed by atoms with E-state index in [2.05, 4.69) is 36.8 Å². The van der Waals surface area contributed by atoms with Gasteiger partial charge in [0.2, 0.25) is 0 Å². The zero-order valence-electron chi connectivity index (χ0n) is 13.0. The Bertz CT molecular complexity index is 347. The van der Waals surface area contributed by atoms with Crippen LogP contribution in [0.15, 0.2) is 12.3 Å². The SMILES string of the molecule is CCCN(CCc1ccnn1C)C(CC)(CC)CN. The highest BCUT2D eigenvalue weighted by Gasteiger charge is 2.31. The van der Waals surface area contributed by atoms with E-state index in [1.165, 1.54) is 12.1 Å². The number of hydrogen-bond donors (Lipinski definition) is 1. The van der Waals surface area contributed by atoms with Crippen molar-refractivity contribution in [1.82, 2.24) is 14.7 Å². The first-order chi connectivity index (χ1) is 9.13. The summed E-state index contributed by atoms with van der Waals surface area (Å²) in [6, 6.07) is 2.10. The third-order valence-corrected chi connectivity index (χ3v) is 4.42. The van der Waals surface area contributed by atoms with Gasteiger partial charge in [-0.15, -0.1) is 0 Å². The van der Waals surface area contributed by atoms with Gasteiger partial charge in [-0.05, 0) is 31.9 Å². The summed E-state index contributed by atoms with van der Waals surface area (Å²) >= 11 is 0. The van der Waals surface area contributed by atoms with E-state index in [9.17, 15) is 0 Å². The van der Waals surface area contributed by atoms with Gasteiger partial charge in [-0.2, -0.15) is 5.10 Å². The van der Waals surface area contributed by atoms with Crippen LogP contribution in [0.4, 0.5) is 0 Å². The summed E-state index contributed by atoms with van der Waals surface area (Å²) in [6.07, 6.45) is 6.32. The second-order valence-corrected chi connectivity index (χ2v) is 5.32. The molecule has 0 spiro atoms. The van der Waals surface area contributed by atoms with Crippen molar-refractivity contribution in [1.29, 1.82) is 0 Å². The van der Waals surface area contributed by atoms with E-state index in [0.717, 1.165) is 38.9 Å². The molecular weight excluding hydrogens is 236 g/mol.